The van der Waals surface area contributed by atoms with Crippen molar-refractivity contribution in [1.29, 1.82) is 5.26 Å². The Labute approximate surface area is 270 Å². The normalized spacial score (nSPS) is 15.2. The number of nitriles is 1. The Bertz CT molecular complexity index is 2800. The summed E-state index contributed by atoms with van der Waals surface area (Å²) in [7, 11) is 0. The molecule has 0 fully saturated rings. The molecule has 0 saturated carbocycles. The van der Waals surface area contributed by atoms with Crippen LogP contribution in [0.4, 0.5) is 0 Å². The summed E-state index contributed by atoms with van der Waals surface area (Å²) in [4.78, 5) is 0. The number of fused-ring (bicyclic) bond motifs is 10. The lowest BCUT2D eigenvalue weighted by atomic mass is 9.91. The molecule has 3 aromatic heterocycles. The Hall–Kier alpha value is -6.31. The minimum Gasteiger partial charge on any atom is -0.455 e. The molecular formula is C43H27N3O. The van der Waals surface area contributed by atoms with Crippen LogP contribution in [0.3, 0.4) is 0 Å². The number of nitrogens with zero attached hydrogens (tertiary/aromatic N) is 3. The molecule has 0 bridgehead atoms. The van der Waals surface area contributed by atoms with Crippen molar-refractivity contribution in [3.8, 4) is 11.8 Å². The highest BCUT2D eigenvalue weighted by molar-refractivity contribution is 6.23. The Morgan fingerprint density at radius 3 is 2.06 bits per heavy atom. The summed E-state index contributed by atoms with van der Waals surface area (Å²) < 4.78 is 11.3. The molecule has 0 radical (unpaired) electrons. The summed E-state index contributed by atoms with van der Waals surface area (Å²) >= 11 is 0. The molecule has 6 aromatic carbocycles. The third-order valence-electron chi connectivity index (χ3n) is 9.84. The van der Waals surface area contributed by atoms with Crippen molar-refractivity contribution in [3.05, 3.63) is 157 Å². The summed E-state index contributed by atoms with van der Waals surface area (Å²) in [6.07, 6.45) is 5.05. The Morgan fingerprint density at radius 1 is 0.617 bits per heavy atom. The van der Waals surface area contributed by atoms with Gasteiger partial charge in [0, 0.05) is 55.6 Å². The molecule has 1 atom stereocenters. The van der Waals surface area contributed by atoms with Crippen LogP contribution in [-0.4, -0.2) is 9.13 Å². The number of benzene rings is 6. The van der Waals surface area contributed by atoms with Crippen LogP contribution in [0.25, 0.3) is 76.8 Å². The van der Waals surface area contributed by atoms with Crippen LogP contribution in [0.15, 0.2) is 156 Å². The fraction of sp³-hybridized carbons (Fsp3) is 0.0465. The van der Waals surface area contributed by atoms with E-state index < -0.39 is 0 Å². The van der Waals surface area contributed by atoms with Crippen LogP contribution < -0.4 is 0 Å². The monoisotopic (exact) mass is 601 g/mol. The number of hydrogen-bond donors (Lipinski definition) is 0. The number of hydrogen-bond acceptors (Lipinski definition) is 2. The second kappa shape index (κ2) is 9.84. The van der Waals surface area contributed by atoms with Gasteiger partial charge in [0.05, 0.1) is 28.5 Å². The quantitative estimate of drug-likeness (QED) is 0.202. The molecule has 47 heavy (non-hydrogen) atoms. The van der Waals surface area contributed by atoms with Gasteiger partial charge in [-0.2, -0.15) is 5.26 Å². The van der Waals surface area contributed by atoms with Gasteiger partial charge in [-0.1, -0.05) is 91.0 Å². The van der Waals surface area contributed by atoms with E-state index in [0.29, 0.717) is 6.42 Å². The molecule has 9 aromatic rings. The summed E-state index contributed by atoms with van der Waals surface area (Å²) in [5.41, 5.74) is 10.4. The van der Waals surface area contributed by atoms with Gasteiger partial charge in [-0.15, -0.1) is 0 Å². The predicted octanol–water partition coefficient (Wildman–Crippen LogP) is 11.3. The van der Waals surface area contributed by atoms with Crippen molar-refractivity contribution in [2.75, 3.05) is 0 Å². The second-order valence-corrected chi connectivity index (χ2v) is 12.4. The molecule has 3 heterocycles. The zero-order chi connectivity index (χ0) is 31.1. The maximum absolute atomic E-state index is 10.2. The summed E-state index contributed by atoms with van der Waals surface area (Å²) in [5, 5.41) is 17.2. The standard InChI is InChI=1S/C43H27N3O/c44-26-27-22-29(25-31(23-27)46-37-16-5-1-12-32(37)33-13-2-6-17-38(33)46)28-10-9-11-30(24-28)45-39-18-7-3-15-36(39)42-40(45)21-20-35-34-14-4-8-19-41(34)47-43(35)42/h1-22,24-25,31H,23H2. The smallest absolute Gasteiger partial charge is 0.145 e. The van der Waals surface area contributed by atoms with Crippen LogP contribution in [-0.2, 0) is 0 Å². The lowest BCUT2D eigenvalue weighted by Gasteiger charge is -2.23. The molecule has 1 unspecified atom stereocenters. The zero-order valence-corrected chi connectivity index (χ0v) is 25.4. The van der Waals surface area contributed by atoms with Crippen molar-refractivity contribution in [2.24, 2.45) is 0 Å². The van der Waals surface area contributed by atoms with Crippen molar-refractivity contribution in [1.82, 2.24) is 9.13 Å². The van der Waals surface area contributed by atoms with Crippen LogP contribution in [0.2, 0.25) is 0 Å². The first kappa shape index (κ1) is 26.0. The van der Waals surface area contributed by atoms with Crippen molar-refractivity contribution in [2.45, 2.75) is 12.5 Å². The lowest BCUT2D eigenvalue weighted by Crippen LogP contribution is -2.11. The second-order valence-electron chi connectivity index (χ2n) is 12.4. The largest absolute Gasteiger partial charge is 0.455 e. The number of aromatic nitrogens is 2. The van der Waals surface area contributed by atoms with Crippen molar-refractivity contribution in [3.63, 3.8) is 0 Å². The van der Waals surface area contributed by atoms with E-state index in [0.717, 1.165) is 66.1 Å². The molecular weight excluding hydrogens is 574 g/mol. The summed E-state index contributed by atoms with van der Waals surface area (Å²) in [6, 6.07) is 49.6. The minimum absolute atomic E-state index is 0.00714. The number of para-hydroxylation sites is 4. The first-order valence-electron chi connectivity index (χ1n) is 16.0. The highest BCUT2D eigenvalue weighted by Crippen LogP contribution is 2.42. The fourth-order valence-electron chi connectivity index (χ4n) is 7.86. The third-order valence-corrected chi connectivity index (χ3v) is 9.84. The minimum atomic E-state index is 0.00714. The first-order chi connectivity index (χ1) is 23.3. The van der Waals surface area contributed by atoms with Gasteiger partial charge in [0.15, 0.2) is 0 Å². The van der Waals surface area contributed by atoms with E-state index in [1.165, 1.54) is 21.8 Å². The maximum Gasteiger partial charge on any atom is 0.145 e. The van der Waals surface area contributed by atoms with Crippen molar-refractivity contribution >= 4 is 71.1 Å². The molecule has 0 N–H and O–H groups in total. The van der Waals surface area contributed by atoms with E-state index in [1.54, 1.807) is 0 Å². The molecule has 10 rings (SSSR count). The highest BCUT2D eigenvalue weighted by Gasteiger charge is 2.23. The number of furan rings is 1. The Balaban J connectivity index is 1.17. The van der Waals surface area contributed by atoms with E-state index in [1.807, 2.05) is 12.1 Å². The topological polar surface area (TPSA) is 46.8 Å². The van der Waals surface area contributed by atoms with Gasteiger partial charge in [0.2, 0.25) is 0 Å². The van der Waals surface area contributed by atoms with Gasteiger partial charge in [0.1, 0.15) is 11.2 Å². The van der Waals surface area contributed by atoms with E-state index in [4.69, 9.17) is 4.42 Å². The van der Waals surface area contributed by atoms with E-state index in [-0.39, 0.29) is 6.04 Å². The fourth-order valence-corrected chi connectivity index (χ4v) is 7.86. The van der Waals surface area contributed by atoms with E-state index >= 15 is 0 Å². The number of rotatable bonds is 3. The van der Waals surface area contributed by atoms with E-state index in [9.17, 15) is 5.26 Å². The van der Waals surface area contributed by atoms with Gasteiger partial charge < -0.3 is 13.6 Å². The van der Waals surface area contributed by atoms with Gasteiger partial charge in [-0.05, 0) is 65.7 Å². The molecule has 1 aliphatic rings. The summed E-state index contributed by atoms with van der Waals surface area (Å²) in [6.45, 7) is 0. The highest BCUT2D eigenvalue weighted by atomic mass is 16.3. The van der Waals surface area contributed by atoms with Crippen molar-refractivity contribution < 1.29 is 4.42 Å². The molecule has 0 spiro atoms. The predicted molar refractivity (Wildman–Crippen MR) is 193 cm³/mol. The molecule has 0 saturated heterocycles. The van der Waals surface area contributed by atoms with E-state index in [2.05, 4.69) is 149 Å². The van der Waals surface area contributed by atoms with Gasteiger partial charge >= 0.3 is 0 Å². The first-order valence-corrected chi connectivity index (χ1v) is 16.0. The van der Waals surface area contributed by atoms with Gasteiger partial charge in [0.25, 0.3) is 0 Å². The third kappa shape index (κ3) is 3.75. The molecule has 0 amide bonds. The van der Waals surface area contributed by atoms with Crippen LogP contribution >= 0.6 is 0 Å². The summed E-state index contributed by atoms with van der Waals surface area (Å²) in [5.74, 6) is 0. The maximum atomic E-state index is 10.2. The Morgan fingerprint density at radius 2 is 1.30 bits per heavy atom. The number of allylic oxidation sites excluding steroid dienone is 4. The molecule has 220 valence electrons. The van der Waals surface area contributed by atoms with Gasteiger partial charge in [-0.25, -0.2) is 0 Å². The molecule has 0 aliphatic heterocycles. The molecule has 1 aliphatic carbocycles. The molecule has 4 nitrogen and oxygen atoms in total. The average molecular weight is 602 g/mol. The van der Waals surface area contributed by atoms with Crippen LogP contribution in [0.1, 0.15) is 18.0 Å². The zero-order valence-electron chi connectivity index (χ0n) is 25.4. The lowest BCUT2D eigenvalue weighted by molar-refractivity contribution is 0.639. The Kier molecular flexibility index (Phi) is 5.44. The average Bonchev–Trinajstić information content (AvgIpc) is 3.79. The molecule has 4 heteroatoms. The van der Waals surface area contributed by atoms with Gasteiger partial charge in [-0.3, -0.25) is 0 Å². The van der Waals surface area contributed by atoms with Crippen LogP contribution in [0, 0.1) is 11.3 Å². The SMILES string of the molecule is N#CC1=CC(c2cccc(-n3c4ccccc4c4c5oc6ccccc6c5ccc43)c2)=CC(n2c3ccccc3c3ccccc32)C1. The van der Waals surface area contributed by atoms with Crippen LogP contribution in [0.5, 0.6) is 0 Å².